The first-order chi connectivity index (χ1) is 13.3. The highest BCUT2D eigenvalue weighted by molar-refractivity contribution is 8.00. The van der Waals surface area contributed by atoms with E-state index in [4.69, 9.17) is 4.74 Å². The van der Waals surface area contributed by atoms with E-state index >= 15 is 0 Å². The molecule has 0 spiro atoms. The van der Waals surface area contributed by atoms with Crippen LogP contribution >= 0.6 is 11.8 Å². The molecule has 0 saturated carbocycles. The average Bonchev–Trinajstić information content (AvgIpc) is 2.94. The first-order valence-electron chi connectivity index (χ1n) is 9.06. The second-order valence-electron chi connectivity index (χ2n) is 7.59. The molecule has 1 aliphatic carbocycles. The number of carbonyl (C=O) groups is 2. The molecule has 1 aliphatic rings. The van der Waals surface area contributed by atoms with E-state index in [1.807, 2.05) is 24.3 Å². The summed E-state index contributed by atoms with van der Waals surface area (Å²) in [5, 5.41) is 9.38. The SMILES string of the molecule is CC(C)(C)OC(=O)/N=C(/CSCC1c2ccccc2-c2ccccc21)C(=O)O. The van der Waals surface area contributed by atoms with Gasteiger partial charge in [-0.3, -0.25) is 0 Å². The van der Waals surface area contributed by atoms with Gasteiger partial charge in [0.2, 0.25) is 0 Å². The molecule has 0 saturated heterocycles. The second-order valence-corrected chi connectivity index (χ2v) is 8.62. The lowest BCUT2D eigenvalue weighted by atomic mass is 9.99. The molecule has 0 fully saturated rings. The second kappa shape index (κ2) is 8.19. The van der Waals surface area contributed by atoms with Crippen LogP contribution in [0.25, 0.3) is 11.1 Å². The van der Waals surface area contributed by atoms with Crippen molar-refractivity contribution in [1.82, 2.24) is 0 Å². The van der Waals surface area contributed by atoms with Crippen molar-refractivity contribution >= 4 is 29.5 Å². The minimum Gasteiger partial charge on any atom is -0.477 e. The average molecular weight is 397 g/mol. The first-order valence-corrected chi connectivity index (χ1v) is 10.2. The molecule has 0 radical (unpaired) electrons. The maximum Gasteiger partial charge on any atom is 0.434 e. The van der Waals surface area contributed by atoms with E-state index in [1.54, 1.807) is 20.8 Å². The molecule has 146 valence electrons. The number of benzene rings is 2. The summed E-state index contributed by atoms with van der Waals surface area (Å²) in [7, 11) is 0. The van der Waals surface area contributed by atoms with Crippen LogP contribution in [0.2, 0.25) is 0 Å². The van der Waals surface area contributed by atoms with Gasteiger partial charge in [-0.15, -0.1) is 0 Å². The van der Waals surface area contributed by atoms with Crippen LogP contribution < -0.4 is 0 Å². The minimum atomic E-state index is -1.20. The Morgan fingerprint density at radius 3 is 2.07 bits per heavy atom. The highest BCUT2D eigenvalue weighted by Gasteiger charge is 2.28. The van der Waals surface area contributed by atoms with Gasteiger partial charge < -0.3 is 9.84 Å². The monoisotopic (exact) mass is 397 g/mol. The van der Waals surface area contributed by atoms with Crippen molar-refractivity contribution in [3.63, 3.8) is 0 Å². The third-order valence-corrected chi connectivity index (χ3v) is 5.40. The van der Waals surface area contributed by atoms with Gasteiger partial charge in [-0.25, -0.2) is 9.59 Å². The Kier molecular flexibility index (Phi) is 5.89. The Morgan fingerprint density at radius 1 is 1.04 bits per heavy atom. The molecule has 28 heavy (non-hydrogen) atoms. The summed E-state index contributed by atoms with van der Waals surface area (Å²) in [6, 6.07) is 16.6. The van der Waals surface area contributed by atoms with Crippen LogP contribution in [0.4, 0.5) is 4.79 Å². The molecule has 0 bridgehead atoms. The van der Waals surface area contributed by atoms with Gasteiger partial charge >= 0.3 is 12.1 Å². The van der Waals surface area contributed by atoms with Gasteiger partial charge in [0.05, 0.1) is 0 Å². The van der Waals surface area contributed by atoms with Crippen LogP contribution in [0, 0.1) is 0 Å². The first kappa shape index (κ1) is 20.1. The number of thioether (sulfide) groups is 1. The summed E-state index contributed by atoms with van der Waals surface area (Å²) < 4.78 is 5.09. The lowest BCUT2D eigenvalue weighted by Gasteiger charge is -2.17. The fourth-order valence-electron chi connectivity index (χ4n) is 3.25. The van der Waals surface area contributed by atoms with Crippen LogP contribution in [-0.4, -0.2) is 40.0 Å². The Balaban J connectivity index is 1.71. The standard InChI is InChI=1S/C22H23NO4S/c1-22(2,3)27-21(26)23-19(20(24)25)13-28-12-18-16-10-6-4-8-14(16)15-9-5-7-11-17(15)18/h4-11,18H,12-13H2,1-3H3,(H,24,25)/b23-19-. The van der Waals surface area contributed by atoms with Crippen molar-refractivity contribution in [3.05, 3.63) is 59.7 Å². The van der Waals surface area contributed by atoms with Gasteiger partial charge in [0.25, 0.3) is 0 Å². The molecule has 0 unspecified atom stereocenters. The van der Waals surface area contributed by atoms with Crippen LogP contribution in [0.3, 0.4) is 0 Å². The Bertz CT molecular complexity index is 885. The molecule has 2 aromatic carbocycles. The third kappa shape index (κ3) is 4.62. The fraction of sp³-hybridized carbons (Fsp3) is 0.318. The van der Waals surface area contributed by atoms with Gasteiger partial charge in [0, 0.05) is 17.4 Å². The van der Waals surface area contributed by atoms with Gasteiger partial charge in [0.1, 0.15) is 11.3 Å². The summed E-state index contributed by atoms with van der Waals surface area (Å²) in [6.07, 6.45) is -0.873. The number of nitrogens with zero attached hydrogens (tertiary/aromatic N) is 1. The topological polar surface area (TPSA) is 76.0 Å². The quantitative estimate of drug-likeness (QED) is 0.719. The predicted octanol–water partition coefficient (Wildman–Crippen LogP) is 4.99. The van der Waals surface area contributed by atoms with Crippen LogP contribution in [0.1, 0.15) is 37.8 Å². The van der Waals surface area contributed by atoms with Crippen LogP contribution in [0.5, 0.6) is 0 Å². The van der Waals surface area contributed by atoms with Crippen molar-refractivity contribution in [3.8, 4) is 11.1 Å². The van der Waals surface area contributed by atoms with Crippen molar-refractivity contribution in [2.75, 3.05) is 11.5 Å². The van der Waals surface area contributed by atoms with E-state index < -0.39 is 17.7 Å². The van der Waals surface area contributed by atoms with Crippen LogP contribution in [-0.2, 0) is 9.53 Å². The maximum atomic E-state index is 11.8. The van der Waals surface area contributed by atoms with Crippen molar-refractivity contribution in [1.29, 1.82) is 0 Å². The summed E-state index contributed by atoms with van der Waals surface area (Å²) in [6.45, 7) is 5.14. The number of carboxylic acids is 1. The van der Waals surface area contributed by atoms with Gasteiger partial charge in [-0.2, -0.15) is 16.8 Å². The molecular weight excluding hydrogens is 374 g/mol. The molecule has 2 aromatic rings. The smallest absolute Gasteiger partial charge is 0.434 e. The number of ether oxygens (including phenoxy) is 1. The largest absolute Gasteiger partial charge is 0.477 e. The lowest BCUT2D eigenvalue weighted by Crippen LogP contribution is -2.25. The predicted molar refractivity (Wildman–Crippen MR) is 112 cm³/mol. The zero-order valence-corrected chi connectivity index (χ0v) is 17.0. The number of aliphatic carboxylic acids is 1. The molecular formula is C22H23NO4S. The number of carboxylic acid groups (broad SMARTS) is 1. The molecule has 1 N–H and O–H groups in total. The van der Waals surface area contributed by atoms with Gasteiger partial charge in [-0.05, 0) is 43.0 Å². The van der Waals surface area contributed by atoms with E-state index in [1.165, 1.54) is 34.0 Å². The fourth-order valence-corrected chi connectivity index (χ4v) is 4.34. The van der Waals surface area contributed by atoms with E-state index in [9.17, 15) is 14.7 Å². The number of hydrogen-bond donors (Lipinski definition) is 1. The number of rotatable bonds is 5. The Labute approximate surface area is 168 Å². The zero-order valence-electron chi connectivity index (χ0n) is 16.1. The zero-order chi connectivity index (χ0) is 20.3. The number of amides is 1. The summed E-state index contributed by atoms with van der Waals surface area (Å²) in [4.78, 5) is 27.0. The maximum absolute atomic E-state index is 11.8. The highest BCUT2D eigenvalue weighted by atomic mass is 32.2. The molecule has 1 amide bonds. The van der Waals surface area contributed by atoms with Crippen molar-refractivity contribution in [2.24, 2.45) is 4.99 Å². The molecule has 5 nitrogen and oxygen atoms in total. The number of carbonyl (C=O) groups excluding carboxylic acids is 1. The van der Waals surface area contributed by atoms with E-state index in [0.29, 0.717) is 5.75 Å². The minimum absolute atomic E-state index is 0.134. The number of fused-ring (bicyclic) bond motifs is 3. The molecule has 6 heteroatoms. The van der Waals surface area contributed by atoms with Crippen LogP contribution in [0.15, 0.2) is 53.5 Å². The lowest BCUT2D eigenvalue weighted by molar-refractivity contribution is -0.129. The molecule has 0 aliphatic heterocycles. The van der Waals surface area contributed by atoms with Crippen molar-refractivity contribution < 1.29 is 19.4 Å². The Morgan fingerprint density at radius 2 is 1.57 bits per heavy atom. The highest BCUT2D eigenvalue weighted by Crippen LogP contribution is 2.45. The summed E-state index contributed by atoms with van der Waals surface area (Å²) >= 11 is 1.45. The summed E-state index contributed by atoms with van der Waals surface area (Å²) in [5.74, 6) is -0.177. The molecule has 3 rings (SSSR count). The summed E-state index contributed by atoms with van der Waals surface area (Å²) in [5.41, 5.74) is 4.04. The number of hydrogen-bond acceptors (Lipinski definition) is 4. The van der Waals surface area contributed by atoms with Crippen molar-refractivity contribution in [2.45, 2.75) is 32.3 Å². The third-order valence-electron chi connectivity index (χ3n) is 4.35. The Hall–Kier alpha value is -2.60. The van der Waals surface area contributed by atoms with E-state index in [0.717, 1.165) is 0 Å². The van der Waals surface area contributed by atoms with E-state index in [-0.39, 0.29) is 17.4 Å². The van der Waals surface area contributed by atoms with E-state index in [2.05, 4.69) is 29.3 Å². The van der Waals surface area contributed by atoms with Gasteiger partial charge in [-0.1, -0.05) is 48.5 Å². The number of aliphatic imine (C=N–C) groups is 1. The molecule has 0 atom stereocenters. The molecule has 0 heterocycles. The molecule has 0 aromatic heterocycles. The van der Waals surface area contributed by atoms with Gasteiger partial charge in [0.15, 0.2) is 0 Å². The normalized spacial score (nSPS) is 13.8.